The maximum atomic E-state index is 11.1. The van der Waals surface area contributed by atoms with Crippen LogP contribution in [-0.2, 0) is 9.59 Å². The predicted molar refractivity (Wildman–Crippen MR) is 81.8 cm³/mol. The van der Waals surface area contributed by atoms with Crippen LogP contribution in [0, 0.1) is 0 Å². The number of rotatable bonds is 11. The van der Waals surface area contributed by atoms with Crippen molar-refractivity contribution < 1.29 is 19.4 Å². The summed E-state index contributed by atoms with van der Waals surface area (Å²) in [6.45, 7) is 2.87. The number of unbranched alkanes of at least 4 members (excludes halogenated alkanes) is 4. The first-order valence-electron chi connectivity index (χ1n) is 7.58. The van der Waals surface area contributed by atoms with Crippen LogP contribution in [0.4, 0.5) is 0 Å². The summed E-state index contributed by atoms with van der Waals surface area (Å²) in [6, 6.07) is 6.97. The molecule has 1 N–H and O–H groups in total. The maximum absolute atomic E-state index is 11.1. The van der Waals surface area contributed by atoms with Gasteiger partial charge in [0.1, 0.15) is 12.0 Å². The molecule has 0 saturated carbocycles. The Morgan fingerprint density at radius 1 is 1.19 bits per heavy atom. The molecule has 116 valence electrons. The van der Waals surface area contributed by atoms with Gasteiger partial charge in [-0.2, -0.15) is 0 Å². The molecule has 0 bridgehead atoms. The molecule has 0 aliphatic rings. The fourth-order valence-electron chi connectivity index (χ4n) is 2.17. The Balaban J connectivity index is 2.42. The molecule has 0 aliphatic heterocycles. The third kappa shape index (κ3) is 6.43. The number of carbonyl (C=O) groups is 2. The number of carbonyl (C=O) groups excluding carboxylic acids is 1. The highest BCUT2D eigenvalue weighted by molar-refractivity contribution is 5.79. The molecule has 1 rings (SSSR count). The minimum atomic E-state index is -0.980. The third-order valence-corrected chi connectivity index (χ3v) is 3.43. The highest BCUT2D eigenvalue weighted by atomic mass is 16.5. The van der Waals surface area contributed by atoms with Crippen molar-refractivity contribution in [2.75, 3.05) is 6.61 Å². The second kappa shape index (κ2) is 9.97. The lowest BCUT2D eigenvalue weighted by Gasteiger charge is -2.11. The van der Waals surface area contributed by atoms with E-state index in [1.807, 2.05) is 0 Å². The van der Waals surface area contributed by atoms with Crippen molar-refractivity contribution in [3.8, 4) is 5.75 Å². The molecule has 21 heavy (non-hydrogen) atoms. The van der Waals surface area contributed by atoms with Crippen LogP contribution in [0.25, 0.3) is 0 Å². The van der Waals surface area contributed by atoms with Crippen molar-refractivity contribution in [3.05, 3.63) is 29.8 Å². The van der Waals surface area contributed by atoms with Crippen LogP contribution in [0.2, 0.25) is 0 Å². The quantitative estimate of drug-likeness (QED) is 0.498. The largest absolute Gasteiger partial charge is 0.494 e. The van der Waals surface area contributed by atoms with Crippen molar-refractivity contribution >= 4 is 12.3 Å². The highest BCUT2D eigenvalue weighted by Gasteiger charge is 2.18. The molecule has 1 aromatic carbocycles. The number of aliphatic carboxylic acids is 1. The SMILES string of the molecule is CCCCCCCOc1ccc(C(CC=O)C(=O)O)cc1. The van der Waals surface area contributed by atoms with Gasteiger partial charge in [-0.15, -0.1) is 0 Å². The number of hydrogen-bond acceptors (Lipinski definition) is 3. The Labute approximate surface area is 126 Å². The van der Waals surface area contributed by atoms with E-state index in [0.717, 1.165) is 12.2 Å². The Bertz CT molecular complexity index is 425. The minimum Gasteiger partial charge on any atom is -0.494 e. The monoisotopic (exact) mass is 292 g/mol. The lowest BCUT2D eigenvalue weighted by molar-refractivity contribution is -0.139. The summed E-state index contributed by atoms with van der Waals surface area (Å²) < 4.78 is 5.62. The molecular weight excluding hydrogens is 268 g/mol. The predicted octanol–water partition coefficient (Wildman–Crippen LogP) is 3.79. The Morgan fingerprint density at radius 2 is 1.86 bits per heavy atom. The number of ether oxygens (including phenoxy) is 1. The highest BCUT2D eigenvalue weighted by Crippen LogP contribution is 2.22. The van der Waals surface area contributed by atoms with Crippen LogP contribution in [0.3, 0.4) is 0 Å². The molecule has 0 heterocycles. The fraction of sp³-hybridized carbons (Fsp3) is 0.529. The van der Waals surface area contributed by atoms with Crippen LogP contribution in [0.5, 0.6) is 5.75 Å². The van der Waals surface area contributed by atoms with Crippen molar-refractivity contribution in [3.63, 3.8) is 0 Å². The van der Waals surface area contributed by atoms with Gasteiger partial charge in [-0.1, -0.05) is 44.7 Å². The zero-order valence-electron chi connectivity index (χ0n) is 12.6. The van der Waals surface area contributed by atoms with Gasteiger partial charge in [0.2, 0.25) is 0 Å². The van der Waals surface area contributed by atoms with Gasteiger partial charge in [-0.25, -0.2) is 0 Å². The molecule has 0 radical (unpaired) electrons. The summed E-state index contributed by atoms with van der Waals surface area (Å²) >= 11 is 0. The summed E-state index contributed by atoms with van der Waals surface area (Å²) in [5, 5.41) is 9.08. The number of aldehydes is 1. The fourth-order valence-corrected chi connectivity index (χ4v) is 2.17. The number of carboxylic acids is 1. The Morgan fingerprint density at radius 3 is 2.43 bits per heavy atom. The van der Waals surface area contributed by atoms with Crippen molar-refractivity contribution in [1.29, 1.82) is 0 Å². The van der Waals surface area contributed by atoms with Gasteiger partial charge in [0.05, 0.1) is 12.5 Å². The summed E-state index contributed by atoms with van der Waals surface area (Å²) in [7, 11) is 0. The molecule has 0 spiro atoms. The lowest BCUT2D eigenvalue weighted by Crippen LogP contribution is -2.12. The lowest BCUT2D eigenvalue weighted by atomic mass is 9.96. The van der Waals surface area contributed by atoms with E-state index in [9.17, 15) is 9.59 Å². The van der Waals surface area contributed by atoms with Gasteiger partial charge in [-0.3, -0.25) is 4.79 Å². The molecule has 0 aromatic heterocycles. The first-order valence-corrected chi connectivity index (χ1v) is 7.58. The van der Waals surface area contributed by atoms with Crippen molar-refractivity contribution in [1.82, 2.24) is 0 Å². The zero-order chi connectivity index (χ0) is 15.5. The molecule has 1 aromatic rings. The van der Waals surface area contributed by atoms with E-state index < -0.39 is 11.9 Å². The van der Waals surface area contributed by atoms with Crippen LogP contribution >= 0.6 is 0 Å². The molecule has 0 saturated heterocycles. The van der Waals surface area contributed by atoms with Gasteiger partial charge in [0.15, 0.2) is 0 Å². The van der Waals surface area contributed by atoms with Crippen molar-refractivity contribution in [2.45, 2.75) is 51.4 Å². The van der Waals surface area contributed by atoms with Crippen LogP contribution < -0.4 is 4.74 Å². The number of benzene rings is 1. The molecule has 1 unspecified atom stereocenters. The van der Waals surface area contributed by atoms with Crippen LogP contribution in [-0.4, -0.2) is 24.0 Å². The van der Waals surface area contributed by atoms with E-state index in [2.05, 4.69) is 6.92 Å². The van der Waals surface area contributed by atoms with Gasteiger partial charge >= 0.3 is 5.97 Å². The molecule has 4 nitrogen and oxygen atoms in total. The molecule has 0 fully saturated rings. The van der Waals surface area contributed by atoms with Gasteiger partial charge in [-0.05, 0) is 24.1 Å². The summed E-state index contributed by atoms with van der Waals surface area (Å²) in [4.78, 5) is 21.6. The minimum absolute atomic E-state index is 0.00698. The molecule has 4 heteroatoms. The van der Waals surface area contributed by atoms with Gasteiger partial charge in [0, 0.05) is 6.42 Å². The normalized spacial score (nSPS) is 11.9. The summed E-state index contributed by atoms with van der Waals surface area (Å²) in [5.74, 6) is -1.01. The zero-order valence-corrected chi connectivity index (χ0v) is 12.6. The van der Waals surface area contributed by atoms with E-state index in [1.165, 1.54) is 25.7 Å². The molecule has 0 amide bonds. The van der Waals surface area contributed by atoms with Crippen molar-refractivity contribution in [2.24, 2.45) is 0 Å². The van der Waals surface area contributed by atoms with Crippen LogP contribution in [0.1, 0.15) is 56.9 Å². The summed E-state index contributed by atoms with van der Waals surface area (Å²) in [6.07, 6.45) is 6.57. The molecule has 1 atom stereocenters. The van der Waals surface area contributed by atoms with E-state index in [1.54, 1.807) is 24.3 Å². The second-order valence-corrected chi connectivity index (χ2v) is 5.12. The Kier molecular flexibility index (Phi) is 8.17. The van der Waals surface area contributed by atoms with Gasteiger partial charge < -0.3 is 14.6 Å². The van der Waals surface area contributed by atoms with E-state index in [4.69, 9.17) is 9.84 Å². The smallest absolute Gasteiger partial charge is 0.311 e. The average Bonchev–Trinajstić information content (AvgIpc) is 2.49. The second-order valence-electron chi connectivity index (χ2n) is 5.12. The van der Waals surface area contributed by atoms with E-state index >= 15 is 0 Å². The van der Waals surface area contributed by atoms with E-state index in [-0.39, 0.29) is 6.42 Å². The molecular formula is C17H24O4. The average molecular weight is 292 g/mol. The van der Waals surface area contributed by atoms with Gasteiger partial charge in [0.25, 0.3) is 0 Å². The number of hydrogen-bond donors (Lipinski definition) is 1. The first kappa shape index (κ1) is 17.2. The Hall–Kier alpha value is -1.84. The maximum Gasteiger partial charge on any atom is 0.311 e. The van der Waals surface area contributed by atoms with Crippen LogP contribution in [0.15, 0.2) is 24.3 Å². The first-order chi connectivity index (χ1) is 10.2. The standard InChI is InChI=1S/C17H24O4/c1-2-3-4-5-6-13-21-15-9-7-14(8-10-15)16(11-12-18)17(19)20/h7-10,12,16H,2-6,11,13H2,1H3,(H,19,20). The number of carboxylic acid groups (broad SMARTS) is 1. The third-order valence-electron chi connectivity index (χ3n) is 3.43. The molecule has 0 aliphatic carbocycles. The summed E-state index contributed by atoms with van der Waals surface area (Å²) in [5.41, 5.74) is 0.630. The topological polar surface area (TPSA) is 63.6 Å². The van der Waals surface area contributed by atoms with E-state index in [0.29, 0.717) is 18.5 Å².